The molecule has 1 aromatic rings. The lowest BCUT2D eigenvalue weighted by Gasteiger charge is -2.11. The van der Waals surface area contributed by atoms with Crippen LogP contribution in [0.5, 0.6) is 11.5 Å². The number of nitriles is 1. The van der Waals surface area contributed by atoms with E-state index in [2.05, 4.69) is 0 Å². The van der Waals surface area contributed by atoms with E-state index in [1.165, 1.54) is 6.07 Å². The van der Waals surface area contributed by atoms with Crippen molar-refractivity contribution in [2.24, 2.45) is 5.73 Å². The number of nitrogens with zero attached hydrogens (tertiary/aromatic N) is 1. The molecule has 16 heavy (non-hydrogen) atoms. The third-order valence-electron chi connectivity index (χ3n) is 2.02. The first-order valence-electron chi connectivity index (χ1n) is 4.77. The monoisotopic (exact) mass is 242 g/mol. The second-order valence-electron chi connectivity index (χ2n) is 3.13. The Balaban J connectivity index is 0.00000225. The van der Waals surface area contributed by atoms with Gasteiger partial charge in [0.2, 0.25) is 0 Å². The molecule has 0 aromatic heterocycles. The first kappa shape index (κ1) is 14.6. The maximum Gasteiger partial charge on any atom is 0.161 e. The van der Waals surface area contributed by atoms with Crippen molar-refractivity contribution in [1.82, 2.24) is 0 Å². The van der Waals surface area contributed by atoms with Gasteiger partial charge < -0.3 is 15.6 Å². The number of phenols is 1. The van der Waals surface area contributed by atoms with E-state index in [0.29, 0.717) is 12.4 Å². The second kappa shape index (κ2) is 6.94. The van der Waals surface area contributed by atoms with E-state index in [1.807, 2.05) is 13.0 Å². The lowest BCUT2D eigenvalue weighted by atomic mass is 10.0. The minimum absolute atomic E-state index is 0. The standard InChI is InChI=1S/C11H14N2O2.ClH/c1-2-15-11-7-8(3-4-10(11)14)9(13)5-6-12;/h3-4,7,9,14H,2,5,13H2,1H3;1H/t9-;/m0./s1. The van der Waals surface area contributed by atoms with Crippen LogP contribution in [0.2, 0.25) is 0 Å². The maximum atomic E-state index is 9.45. The van der Waals surface area contributed by atoms with Crippen molar-refractivity contribution < 1.29 is 9.84 Å². The summed E-state index contributed by atoms with van der Waals surface area (Å²) in [5.41, 5.74) is 6.55. The van der Waals surface area contributed by atoms with E-state index in [4.69, 9.17) is 15.7 Å². The summed E-state index contributed by atoms with van der Waals surface area (Å²) < 4.78 is 5.22. The van der Waals surface area contributed by atoms with Gasteiger partial charge in [-0.25, -0.2) is 0 Å². The number of ether oxygens (including phenoxy) is 1. The fraction of sp³-hybridized carbons (Fsp3) is 0.364. The molecule has 0 aliphatic heterocycles. The van der Waals surface area contributed by atoms with Gasteiger partial charge in [-0.2, -0.15) is 5.26 Å². The summed E-state index contributed by atoms with van der Waals surface area (Å²) in [6, 6.07) is 6.55. The summed E-state index contributed by atoms with van der Waals surface area (Å²) in [6.45, 7) is 2.31. The molecule has 1 atom stereocenters. The average Bonchev–Trinajstić information content (AvgIpc) is 2.22. The molecule has 0 unspecified atom stereocenters. The molecule has 0 fully saturated rings. The molecule has 0 amide bonds. The quantitative estimate of drug-likeness (QED) is 0.848. The summed E-state index contributed by atoms with van der Waals surface area (Å²) in [7, 11) is 0. The van der Waals surface area contributed by atoms with Crippen LogP contribution >= 0.6 is 12.4 Å². The fourth-order valence-electron chi connectivity index (χ4n) is 1.25. The van der Waals surface area contributed by atoms with E-state index < -0.39 is 0 Å². The van der Waals surface area contributed by atoms with Crippen molar-refractivity contribution >= 4 is 12.4 Å². The molecule has 0 saturated carbocycles. The van der Waals surface area contributed by atoms with Crippen LogP contribution in [0.25, 0.3) is 0 Å². The van der Waals surface area contributed by atoms with Gasteiger partial charge in [0.1, 0.15) is 0 Å². The zero-order chi connectivity index (χ0) is 11.3. The number of hydrogen-bond acceptors (Lipinski definition) is 4. The third-order valence-corrected chi connectivity index (χ3v) is 2.02. The smallest absolute Gasteiger partial charge is 0.161 e. The predicted octanol–water partition coefficient (Wildman–Crippen LogP) is 2.13. The van der Waals surface area contributed by atoms with Gasteiger partial charge in [-0.1, -0.05) is 6.07 Å². The lowest BCUT2D eigenvalue weighted by molar-refractivity contribution is 0.317. The van der Waals surface area contributed by atoms with Crippen LogP contribution in [0.3, 0.4) is 0 Å². The van der Waals surface area contributed by atoms with E-state index in [1.54, 1.807) is 12.1 Å². The highest BCUT2D eigenvalue weighted by molar-refractivity contribution is 5.85. The molecule has 3 N–H and O–H groups in total. The van der Waals surface area contributed by atoms with E-state index in [-0.39, 0.29) is 30.6 Å². The van der Waals surface area contributed by atoms with Crippen LogP contribution in [0.15, 0.2) is 18.2 Å². The number of aromatic hydroxyl groups is 1. The van der Waals surface area contributed by atoms with Crippen LogP contribution in [-0.2, 0) is 0 Å². The molecule has 0 aliphatic carbocycles. The molecular formula is C11H15ClN2O2. The topological polar surface area (TPSA) is 79.3 Å². The Labute approximate surface area is 101 Å². The molecule has 4 nitrogen and oxygen atoms in total. The summed E-state index contributed by atoms with van der Waals surface area (Å²) in [5.74, 6) is 0.494. The Morgan fingerprint density at radius 2 is 2.25 bits per heavy atom. The van der Waals surface area contributed by atoms with Crippen LogP contribution in [0, 0.1) is 11.3 Å². The molecule has 5 heteroatoms. The second-order valence-corrected chi connectivity index (χ2v) is 3.13. The van der Waals surface area contributed by atoms with Crippen LogP contribution in [-0.4, -0.2) is 11.7 Å². The number of rotatable bonds is 4. The van der Waals surface area contributed by atoms with E-state index in [9.17, 15) is 5.11 Å². The van der Waals surface area contributed by atoms with Crippen molar-refractivity contribution in [1.29, 1.82) is 5.26 Å². The number of phenolic OH excluding ortho intramolecular Hbond substituents is 1. The van der Waals surface area contributed by atoms with Gasteiger partial charge in [0.25, 0.3) is 0 Å². The Kier molecular flexibility index (Phi) is 6.31. The van der Waals surface area contributed by atoms with Crippen molar-refractivity contribution in [3.8, 4) is 17.6 Å². The van der Waals surface area contributed by atoms with Gasteiger partial charge >= 0.3 is 0 Å². The normalized spacial score (nSPS) is 11.1. The van der Waals surface area contributed by atoms with Crippen molar-refractivity contribution in [3.05, 3.63) is 23.8 Å². The van der Waals surface area contributed by atoms with Crippen molar-refractivity contribution in [2.75, 3.05) is 6.61 Å². The molecular weight excluding hydrogens is 228 g/mol. The average molecular weight is 243 g/mol. The third kappa shape index (κ3) is 3.61. The molecule has 0 spiro atoms. The number of halogens is 1. The highest BCUT2D eigenvalue weighted by Crippen LogP contribution is 2.29. The van der Waals surface area contributed by atoms with E-state index >= 15 is 0 Å². The Morgan fingerprint density at radius 1 is 1.56 bits per heavy atom. The first-order valence-corrected chi connectivity index (χ1v) is 4.77. The zero-order valence-electron chi connectivity index (χ0n) is 9.01. The summed E-state index contributed by atoms with van der Waals surface area (Å²) in [5, 5.41) is 18.0. The fourth-order valence-corrected chi connectivity index (χ4v) is 1.25. The minimum atomic E-state index is -0.338. The summed E-state index contributed by atoms with van der Waals surface area (Å²) in [6.07, 6.45) is 0.246. The van der Waals surface area contributed by atoms with Gasteiger partial charge in [0.05, 0.1) is 19.1 Å². The molecule has 0 bridgehead atoms. The summed E-state index contributed by atoms with van der Waals surface area (Å²) in [4.78, 5) is 0. The Morgan fingerprint density at radius 3 is 2.81 bits per heavy atom. The van der Waals surface area contributed by atoms with Gasteiger partial charge in [-0.3, -0.25) is 0 Å². The van der Waals surface area contributed by atoms with Crippen LogP contribution in [0.1, 0.15) is 24.9 Å². The van der Waals surface area contributed by atoms with Gasteiger partial charge in [-0.05, 0) is 24.6 Å². The SMILES string of the molecule is CCOc1cc([C@@H](N)CC#N)ccc1O.Cl. The highest BCUT2D eigenvalue weighted by Gasteiger charge is 2.09. The number of hydrogen-bond donors (Lipinski definition) is 2. The van der Waals surface area contributed by atoms with Gasteiger partial charge in [-0.15, -0.1) is 12.4 Å². The molecule has 1 rings (SSSR count). The molecule has 0 saturated heterocycles. The number of benzene rings is 1. The molecule has 0 heterocycles. The Bertz CT molecular complexity index is 377. The molecule has 88 valence electrons. The molecule has 0 radical (unpaired) electrons. The van der Waals surface area contributed by atoms with Crippen molar-refractivity contribution in [3.63, 3.8) is 0 Å². The molecule has 0 aliphatic rings. The largest absolute Gasteiger partial charge is 0.504 e. The number of nitrogens with two attached hydrogens (primary N) is 1. The van der Waals surface area contributed by atoms with Gasteiger partial charge in [0.15, 0.2) is 11.5 Å². The van der Waals surface area contributed by atoms with E-state index in [0.717, 1.165) is 5.56 Å². The summed E-state index contributed by atoms with van der Waals surface area (Å²) >= 11 is 0. The first-order chi connectivity index (χ1) is 7.19. The maximum absolute atomic E-state index is 9.45. The van der Waals surface area contributed by atoms with Gasteiger partial charge in [0, 0.05) is 6.04 Å². The zero-order valence-corrected chi connectivity index (χ0v) is 9.83. The Hall–Kier alpha value is -1.44. The van der Waals surface area contributed by atoms with Crippen molar-refractivity contribution in [2.45, 2.75) is 19.4 Å². The van der Waals surface area contributed by atoms with Crippen LogP contribution < -0.4 is 10.5 Å². The minimum Gasteiger partial charge on any atom is -0.504 e. The lowest BCUT2D eigenvalue weighted by Crippen LogP contribution is -2.09. The molecule has 1 aromatic carbocycles. The van der Waals surface area contributed by atoms with Crippen LogP contribution in [0.4, 0.5) is 0 Å². The highest BCUT2D eigenvalue weighted by atomic mass is 35.5. The predicted molar refractivity (Wildman–Crippen MR) is 63.7 cm³/mol.